The fourth-order valence-corrected chi connectivity index (χ4v) is 3.60. The average Bonchev–Trinajstić information content (AvgIpc) is 3.35. The van der Waals surface area contributed by atoms with Crippen molar-refractivity contribution >= 4 is 29.7 Å². The molecule has 1 aromatic heterocycles. The summed E-state index contributed by atoms with van der Waals surface area (Å²) in [5.41, 5.74) is 8.22. The van der Waals surface area contributed by atoms with E-state index in [1.807, 2.05) is 37.3 Å². The van der Waals surface area contributed by atoms with Crippen molar-refractivity contribution < 1.29 is 9.53 Å². The van der Waals surface area contributed by atoms with Crippen LogP contribution in [0.2, 0.25) is 0 Å². The number of carbonyl (C=O) groups is 1. The van der Waals surface area contributed by atoms with Gasteiger partial charge in [0, 0.05) is 17.5 Å². The van der Waals surface area contributed by atoms with Crippen molar-refractivity contribution in [1.82, 2.24) is 5.32 Å². The molecule has 1 aliphatic rings. The summed E-state index contributed by atoms with van der Waals surface area (Å²) >= 11 is 1.52. The number of nitrogens with two attached hydrogens (primary N) is 1. The van der Waals surface area contributed by atoms with Gasteiger partial charge in [-0.3, -0.25) is 4.79 Å². The van der Waals surface area contributed by atoms with E-state index in [9.17, 15) is 4.79 Å². The molecule has 3 rings (SSSR count). The van der Waals surface area contributed by atoms with Crippen molar-refractivity contribution in [1.29, 1.82) is 0 Å². The highest BCUT2D eigenvalue weighted by atomic mass is 35.5. The van der Waals surface area contributed by atoms with Gasteiger partial charge in [-0.1, -0.05) is 12.1 Å². The van der Waals surface area contributed by atoms with E-state index in [4.69, 9.17) is 10.5 Å². The minimum absolute atomic E-state index is 0. The van der Waals surface area contributed by atoms with Crippen LogP contribution in [-0.4, -0.2) is 25.6 Å². The first kappa shape index (κ1) is 18.8. The average molecular weight is 367 g/mol. The third-order valence-electron chi connectivity index (χ3n) is 4.27. The number of carbonyl (C=O) groups excluding carboxylic acids is 1. The molecule has 1 fully saturated rings. The fourth-order valence-electron chi connectivity index (χ4n) is 2.64. The quantitative estimate of drug-likeness (QED) is 0.820. The van der Waals surface area contributed by atoms with Crippen molar-refractivity contribution in [3.8, 4) is 16.9 Å². The molecule has 3 N–H and O–H groups in total. The largest absolute Gasteiger partial charge is 0.497 e. The van der Waals surface area contributed by atoms with Crippen LogP contribution in [0, 0.1) is 12.8 Å². The summed E-state index contributed by atoms with van der Waals surface area (Å²) in [6.45, 7) is 2.59. The molecular weight excluding hydrogens is 344 g/mol. The topological polar surface area (TPSA) is 64.3 Å². The van der Waals surface area contributed by atoms with E-state index < -0.39 is 0 Å². The third-order valence-corrected chi connectivity index (χ3v) is 5.32. The lowest BCUT2D eigenvalue weighted by atomic mass is 10.1. The van der Waals surface area contributed by atoms with Crippen LogP contribution in [0.3, 0.4) is 0 Å². The number of amides is 1. The molecule has 0 aliphatic heterocycles. The number of hydrogen-bond donors (Lipinski definition) is 2. The zero-order valence-corrected chi connectivity index (χ0v) is 15.5. The lowest BCUT2D eigenvalue weighted by molar-refractivity contribution is 0.0954. The molecule has 2 aromatic rings. The van der Waals surface area contributed by atoms with E-state index >= 15 is 0 Å². The van der Waals surface area contributed by atoms with E-state index in [0.29, 0.717) is 12.5 Å². The van der Waals surface area contributed by atoms with Crippen LogP contribution in [-0.2, 0) is 0 Å². The number of rotatable bonds is 6. The summed E-state index contributed by atoms with van der Waals surface area (Å²) in [7, 11) is 1.65. The summed E-state index contributed by atoms with van der Waals surface area (Å²) in [6.07, 6.45) is 2.38. The lowest BCUT2D eigenvalue weighted by Gasteiger charge is -2.10. The van der Waals surface area contributed by atoms with Crippen molar-refractivity contribution in [2.24, 2.45) is 11.7 Å². The van der Waals surface area contributed by atoms with Gasteiger partial charge in [-0.05, 0) is 55.0 Å². The van der Waals surface area contributed by atoms with Crippen LogP contribution in [0.15, 0.2) is 30.3 Å². The van der Waals surface area contributed by atoms with E-state index in [1.54, 1.807) is 7.11 Å². The van der Waals surface area contributed by atoms with Gasteiger partial charge in [-0.2, -0.15) is 0 Å². The number of methoxy groups -OCH3 is 1. The van der Waals surface area contributed by atoms with Gasteiger partial charge >= 0.3 is 0 Å². The SMILES string of the molecule is COc1ccc(-c2cc(C(=O)NCC(N)C3CC3)sc2C)cc1.Cl. The third kappa shape index (κ3) is 4.29. The molecule has 0 radical (unpaired) electrons. The maximum Gasteiger partial charge on any atom is 0.261 e. The van der Waals surface area contributed by atoms with Crippen LogP contribution in [0.5, 0.6) is 5.75 Å². The van der Waals surface area contributed by atoms with Crippen molar-refractivity contribution in [2.75, 3.05) is 13.7 Å². The molecule has 1 saturated carbocycles. The molecule has 130 valence electrons. The summed E-state index contributed by atoms with van der Waals surface area (Å²) < 4.78 is 5.18. The summed E-state index contributed by atoms with van der Waals surface area (Å²) in [5, 5.41) is 2.96. The second-order valence-electron chi connectivity index (χ2n) is 6.02. The Kier molecular flexibility index (Phi) is 6.27. The first-order valence-corrected chi connectivity index (χ1v) is 8.68. The second-order valence-corrected chi connectivity index (χ2v) is 7.28. The Morgan fingerprint density at radius 2 is 2.04 bits per heavy atom. The molecule has 1 atom stereocenters. The molecule has 0 spiro atoms. The number of hydrogen-bond acceptors (Lipinski definition) is 4. The van der Waals surface area contributed by atoms with E-state index in [-0.39, 0.29) is 24.4 Å². The number of thiophene rings is 1. The summed E-state index contributed by atoms with van der Waals surface area (Å²) in [4.78, 5) is 14.2. The molecule has 1 unspecified atom stereocenters. The standard InChI is InChI=1S/C18H22N2O2S.ClH/c1-11-15(12-5-7-14(22-2)8-6-12)9-17(23-11)18(21)20-10-16(19)13-3-4-13;/h5-9,13,16H,3-4,10,19H2,1-2H3,(H,20,21);1H. The van der Waals surface area contributed by atoms with Gasteiger partial charge in [0.2, 0.25) is 0 Å². The highest BCUT2D eigenvalue weighted by molar-refractivity contribution is 7.14. The predicted octanol–water partition coefficient (Wildman–Crippen LogP) is 3.62. The normalized spacial score (nSPS) is 14.6. The molecular formula is C18H23ClN2O2S. The van der Waals surface area contributed by atoms with Gasteiger partial charge in [-0.15, -0.1) is 23.7 Å². The van der Waals surface area contributed by atoms with Gasteiger partial charge in [0.25, 0.3) is 5.91 Å². The number of halogens is 1. The summed E-state index contributed by atoms with van der Waals surface area (Å²) in [5.74, 6) is 1.39. The van der Waals surface area contributed by atoms with E-state index in [1.165, 1.54) is 24.2 Å². The molecule has 4 nitrogen and oxygen atoms in total. The highest BCUT2D eigenvalue weighted by Crippen LogP contribution is 2.33. The summed E-state index contributed by atoms with van der Waals surface area (Å²) in [6, 6.07) is 9.93. The highest BCUT2D eigenvalue weighted by Gasteiger charge is 2.28. The predicted molar refractivity (Wildman–Crippen MR) is 101 cm³/mol. The zero-order chi connectivity index (χ0) is 16.4. The Hall–Kier alpha value is -1.56. The zero-order valence-electron chi connectivity index (χ0n) is 13.9. The first-order valence-electron chi connectivity index (χ1n) is 7.87. The van der Waals surface area contributed by atoms with Crippen LogP contribution in [0.1, 0.15) is 27.4 Å². The molecule has 0 saturated heterocycles. The molecule has 1 aromatic carbocycles. The molecule has 1 amide bonds. The lowest BCUT2D eigenvalue weighted by Crippen LogP contribution is -2.38. The smallest absolute Gasteiger partial charge is 0.261 e. The molecule has 6 heteroatoms. The van der Waals surface area contributed by atoms with Crippen molar-refractivity contribution in [3.63, 3.8) is 0 Å². The molecule has 1 heterocycles. The van der Waals surface area contributed by atoms with Crippen LogP contribution < -0.4 is 15.8 Å². The Balaban J connectivity index is 0.00000208. The van der Waals surface area contributed by atoms with Crippen LogP contribution >= 0.6 is 23.7 Å². The maximum absolute atomic E-state index is 12.3. The monoisotopic (exact) mass is 366 g/mol. The van der Waals surface area contributed by atoms with Gasteiger partial charge in [0.05, 0.1) is 12.0 Å². The number of ether oxygens (including phenoxy) is 1. The Morgan fingerprint density at radius 3 is 2.62 bits per heavy atom. The Bertz CT molecular complexity index is 696. The maximum atomic E-state index is 12.3. The van der Waals surface area contributed by atoms with E-state index in [2.05, 4.69) is 5.32 Å². The van der Waals surface area contributed by atoms with Gasteiger partial charge < -0.3 is 15.8 Å². The minimum atomic E-state index is -0.0334. The molecule has 24 heavy (non-hydrogen) atoms. The van der Waals surface area contributed by atoms with Crippen LogP contribution in [0.4, 0.5) is 0 Å². The van der Waals surface area contributed by atoms with Gasteiger partial charge in [-0.25, -0.2) is 0 Å². The number of nitrogens with one attached hydrogen (secondary N) is 1. The first-order chi connectivity index (χ1) is 11.1. The van der Waals surface area contributed by atoms with E-state index in [0.717, 1.165) is 26.6 Å². The minimum Gasteiger partial charge on any atom is -0.497 e. The van der Waals surface area contributed by atoms with Crippen molar-refractivity contribution in [3.05, 3.63) is 40.1 Å². The number of benzene rings is 1. The number of aryl methyl sites for hydroxylation is 1. The molecule has 0 bridgehead atoms. The van der Waals surface area contributed by atoms with Crippen molar-refractivity contribution in [2.45, 2.75) is 25.8 Å². The van der Waals surface area contributed by atoms with Gasteiger partial charge in [0.15, 0.2) is 0 Å². The van der Waals surface area contributed by atoms with Crippen LogP contribution in [0.25, 0.3) is 11.1 Å². The second kappa shape index (κ2) is 8.01. The Morgan fingerprint density at radius 1 is 1.38 bits per heavy atom. The Labute approximate surface area is 152 Å². The molecule has 1 aliphatic carbocycles. The fraction of sp³-hybridized carbons (Fsp3) is 0.389. The van der Waals surface area contributed by atoms with Gasteiger partial charge in [0.1, 0.15) is 5.75 Å².